The highest BCUT2D eigenvalue weighted by atomic mass is 16.4. The van der Waals surface area contributed by atoms with Gasteiger partial charge in [-0.1, -0.05) is 12.1 Å². The molecular formula is C16H22N2O3. The van der Waals surface area contributed by atoms with Gasteiger partial charge < -0.3 is 14.9 Å². The van der Waals surface area contributed by atoms with Gasteiger partial charge in [-0.25, -0.2) is 9.59 Å². The molecule has 1 aromatic carbocycles. The molecule has 1 N–H and O–H groups in total. The number of amides is 2. The van der Waals surface area contributed by atoms with Gasteiger partial charge in [-0.05, 0) is 43.4 Å². The minimum absolute atomic E-state index is 0.00305. The van der Waals surface area contributed by atoms with E-state index in [1.54, 1.807) is 41.1 Å². The van der Waals surface area contributed by atoms with E-state index in [4.69, 9.17) is 5.11 Å². The number of carbonyl (C=O) groups excluding carboxylic acids is 1. The number of carbonyl (C=O) groups is 2. The first-order valence-corrected chi connectivity index (χ1v) is 7.20. The summed E-state index contributed by atoms with van der Waals surface area (Å²) in [5, 5.41) is 8.87. The molecule has 1 fully saturated rings. The molecule has 0 radical (unpaired) electrons. The summed E-state index contributed by atoms with van der Waals surface area (Å²) < 4.78 is 0. The normalized spacial score (nSPS) is 15.4. The first kappa shape index (κ1) is 15.4. The van der Waals surface area contributed by atoms with E-state index in [1.807, 2.05) is 7.05 Å². The van der Waals surface area contributed by atoms with E-state index in [2.05, 4.69) is 6.92 Å². The number of benzene rings is 1. The predicted molar refractivity (Wildman–Crippen MR) is 80.2 cm³/mol. The van der Waals surface area contributed by atoms with Crippen molar-refractivity contribution in [2.75, 3.05) is 14.1 Å². The lowest BCUT2D eigenvalue weighted by molar-refractivity contribution is 0.0696. The third-order valence-electron chi connectivity index (χ3n) is 4.16. The van der Waals surface area contributed by atoms with Crippen LogP contribution >= 0.6 is 0 Å². The zero-order chi connectivity index (χ0) is 15.6. The van der Waals surface area contributed by atoms with Gasteiger partial charge in [0.2, 0.25) is 0 Å². The van der Waals surface area contributed by atoms with Gasteiger partial charge in [0.25, 0.3) is 0 Å². The lowest BCUT2D eigenvalue weighted by atomic mass is 10.1. The standard InChI is InChI=1S/C16H22N2O3/c1-11(13-8-9-13)18(3)16(21)17(2)10-12-4-6-14(7-5-12)15(19)20/h4-7,11,13H,8-10H2,1-3H3,(H,19,20). The van der Waals surface area contributed by atoms with Gasteiger partial charge in [-0.3, -0.25) is 0 Å². The Morgan fingerprint density at radius 2 is 1.81 bits per heavy atom. The molecule has 5 nitrogen and oxygen atoms in total. The molecule has 1 saturated carbocycles. The molecule has 0 aliphatic heterocycles. The van der Waals surface area contributed by atoms with Gasteiger partial charge in [0.05, 0.1) is 5.56 Å². The minimum atomic E-state index is -0.941. The SMILES string of the molecule is CC(C1CC1)N(C)C(=O)N(C)Cc1ccc(C(=O)O)cc1. The van der Waals surface area contributed by atoms with Crippen molar-refractivity contribution in [1.29, 1.82) is 0 Å². The summed E-state index contributed by atoms with van der Waals surface area (Å²) >= 11 is 0. The van der Waals surface area contributed by atoms with Crippen molar-refractivity contribution in [3.8, 4) is 0 Å². The zero-order valence-electron chi connectivity index (χ0n) is 12.7. The summed E-state index contributed by atoms with van der Waals surface area (Å²) in [5.41, 5.74) is 1.18. The van der Waals surface area contributed by atoms with Crippen molar-refractivity contribution in [2.45, 2.75) is 32.4 Å². The molecule has 1 unspecified atom stereocenters. The van der Waals surface area contributed by atoms with Crippen LogP contribution < -0.4 is 0 Å². The fraction of sp³-hybridized carbons (Fsp3) is 0.500. The van der Waals surface area contributed by atoms with E-state index in [0.717, 1.165) is 5.56 Å². The maximum atomic E-state index is 12.4. The number of carboxylic acids is 1. The summed E-state index contributed by atoms with van der Waals surface area (Å²) in [6.07, 6.45) is 2.41. The van der Waals surface area contributed by atoms with E-state index in [9.17, 15) is 9.59 Å². The summed E-state index contributed by atoms with van der Waals surface area (Å²) in [6, 6.07) is 6.89. The summed E-state index contributed by atoms with van der Waals surface area (Å²) in [5.74, 6) is -0.300. The number of nitrogens with zero attached hydrogens (tertiary/aromatic N) is 2. The Labute approximate surface area is 125 Å². The fourth-order valence-corrected chi connectivity index (χ4v) is 2.43. The van der Waals surface area contributed by atoms with Crippen molar-refractivity contribution in [3.05, 3.63) is 35.4 Å². The highest BCUT2D eigenvalue weighted by molar-refractivity contribution is 5.87. The molecule has 1 aliphatic rings. The smallest absolute Gasteiger partial charge is 0.335 e. The van der Waals surface area contributed by atoms with Crippen molar-refractivity contribution < 1.29 is 14.7 Å². The molecule has 1 aromatic rings. The van der Waals surface area contributed by atoms with E-state index >= 15 is 0 Å². The minimum Gasteiger partial charge on any atom is -0.478 e. The maximum Gasteiger partial charge on any atom is 0.335 e. The second kappa shape index (κ2) is 6.16. The maximum absolute atomic E-state index is 12.4. The topological polar surface area (TPSA) is 60.9 Å². The molecule has 1 aliphatic carbocycles. The molecule has 5 heteroatoms. The van der Waals surface area contributed by atoms with Crippen molar-refractivity contribution in [3.63, 3.8) is 0 Å². The second-order valence-electron chi connectivity index (χ2n) is 5.83. The first-order chi connectivity index (χ1) is 9.90. The molecular weight excluding hydrogens is 268 g/mol. The van der Waals surface area contributed by atoms with Gasteiger partial charge in [0.1, 0.15) is 0 Å². The lowest BCUT2D eigenvalue weighted by Gasteiger charge is -2.30. The van der Waals surface area contributed by atoms with Crippen LogP contribution in [-0.4, -0.2) is 47.0 Å². The highest BCUT2D eigenvalue weighted by Crippen LogP contribution is 2.34. The van der Waals surface area contributed by atoms with Crippen molar-refractivity contribution in [1.82, 2.24) is 9.80 Å². The monoisotopic (exact) mass is 290 g/mol. The number of aromatic carboxylic acids is 1. The Balaban J connectivity index is 1.94. The summed E-state index contributed by atoms with van der Waals surface area (Å²) in [4.78, 5) is 26.6. The number of hydrogen-bond donors (Lipinski definition) is 1. The van der Waals surface area contributed by atoms with Crippen LogP contribution in [0.15, 0.2) is 24.3 Å². The first-order valence-electron chi connectivity index (χ1n) is 7.20. The van der Waals surface area contributed by atoms with Crippen LogP contribution in [0, 0.1) is 5.92 Å². The molecule has 0 aromatic heterocycles. The van der Waals surface area contributed by atoms with Crippen molar-refractivity contribution in [2.24, 2.45) is 5.92 Å². The number of carboxylic acid groups (broad SMARTS) is 1. The Bertz CT molecular complexity index is 523. The summed E-state index contributed by atoms with van der Waals surface area (Å²) in [7, 11) is 3.61. The number of hydrogen-bond acceptors (Lipinski definition) is 2. The van der Waals surface area contributed by atoms with Crippen LogP contribution in [0.1, 0.15) is 35.7 Å². The molecule has 114 valence electrons. The van der Waals surface area contributed by atoms with E-state index in [-0.39, 0.29) is 17.6 Å². The largest absolute Gasteiger partial charge is 0.478 e. The van der Waals surface area contributed by atoms with Gasteiger partial charge in [0, 0.05) is 26.7 Å². The van der Waals surface area contributed by atoms with Gasteiger partial charge in [-0.2, -0.15) is 0 Å². The third kappa shape index (κ3) is 3.74. The molecule has 0 heterocycles. The van der Waals surface area contributed by atoms with Crippen LogP contribution in [0.5, 0.6) is 0 Å². The Morgan fingerprint density at radius 1 is 1.24 bits per heavy atom. The molecule has 1 atom stereocenters. The van der Waals surface area contributed by atoms with E-state index in [0.29, 0.717) is 12.5 Å². The zero-order valence-corrected chi connectivity index (χ0v) is 12.7. The van der Waals surface area contributed by atoms with Gasteiger partial charge >= 0.3 is 12.0 Å². The Kier molecular flexibility index (Phi) is 4.50. The van der Waals surface area contributed by atoms with E-state index < -0.39 is 5.97 Å². The predicted octanol–water partition coefficient (Wildman–Crippen LogP) is 2.67. The van der Waals surface area contributed by atoms with Crippen LogP contribution in [0.4, 0.5) is 4.79 Å². The molecule has 21 heavy (non-hydrogen) atoms. The van der Waals surface area contributed by atoms with Gasteiger partial charge in [0.15, 0.2) is 0 Å². The summed E-state index contributed by atoms with van der Waals surface area (Å²) in [6.45, 7) is 2.56. The Morgan fingerprint density at radius 3 is 2.29 bits per heavy atom. The van der Waals surface area contributed by atoms with E-state index in [1.165, 1.54) is 12.8 Å². The average Bonchev–Trinajstić information content (AvgIpc) is 3.30. The number of urea groups is 1. The molecule has 0 spiro atoms. The van der Waals surface area contributed by atoms with Gasteiger partial charge in [-0.15, -0.1) is 0 Å². The molecule has 2 rings (SSSR count). The molecule has 0 saturated heterocycles. The second-order valence-corrected chi connectivity index (χ2v) is 5.83. The Hall–Kier alpha value is -2.04. The van der Waals surface area contributed by atoms with Crippen LogP contribution in [0.3, 0.4) is 0 Å². The fourth-order valence-electron chi connectivity index (χ4n) is 2.43. The quantitative estimate of drug-likeness (QED) is 0.907. The molecule has 2 amide bonds. The molecule has 0 bridgehead atoms. The average molecular weight is 290 g/mol. The van der Waals surface area contributed by atoms with Crippen LogP contribution in [-0.2, 0) is 6.54 Å². The van der Waals surface area contributed by atoms with Crippen molar-refractivity contribution >= 4 is 12.0 Å². The lowest BCUT2D eigenvalue weighted by Crippen LogP contribution is -2.43. The number of rotatable bonds is 5. The van der Waals surface area contributed by atoms with Crippen LogP contribution in [0.2, 0.25) is 0 Å². The van der Waals surface area contributed by atoms with Crippen LogP contribution in [0.25, 0.3) is 0 Å². The highest BCUT2D eigenvalue weighted by Gasteiger charge is 2.33. The third-order valence-corrected chi connectivity index (χ3v) is 4.16.